The number of nitrogens with one attached hydrogen (secondary N) is 3. The van der Waals surface area contributed by atoms with Crippen LogP contribution in [-0.4, -0.2) is 36.7 Å². The minimum absolute atomic E-state index is 0.0782. The number of carbonyl (C=O) groups excluding carboxylic acids is 2. The molecule has 0 aromatic rings. The van der Waals surface area contributed by atoms with Crippen LogP contribution in [-0.2, 0) is 9.59 Å². The molecule has 22 heavy (non-hydrogen) atoms. The normalized spacial score (nSPS) is 13.1. The molecule has 6 nitrogen and oxygen atoms in total. The van der Waals surface area contributed by atoms with Crippen molar-refractivity contribution < 1.29 is 9.59 Å². The van der Waals surface area contributed by atoms with E-state index in [2.05, 4.69) is 34.1 Å². The zero-order valence-corrected chi connectivity index (χ0v) is 13.8. The van der Waals surface area contributed by atoms with E-state index >= 15 is 0 Å². The van der Waals surface area contributed by atoms with Gasteiger partial charge in [-0.1, -0.05) is 18.7 Å². The number of rotatable bonds is 9. The Kier molecular flexibility index (Phi) is 9.25. The van der Waals surface area contributed by atoms with Gasteiger partial charge in [0.25, 0.3) is 5.91 Å². The van der Waals surface area contributed by atoms with Gasteiger partial charge >= 0.3 is 0 Å². The Balaban J connectivity index is 4.67. The summed E-state index contributed by atoms with van der Waals surface area (Å²) in [7, 11) is 0. The molecule has 6 heteroatoms. The fourth-order valence-corrected chi connectivity index (χ4v) is 1.41. The molecule has 0 aromatic heterocycles. The molecule has 0 aromatic carbocycles. The smallest absolute Gasteiger partial charge is 0.270 e. The molecule has 0 aliphatic heterocycles. The van der Waals surface area contributed by atoms with Crippen LogP contribution in [0.2, 0.25) is 0 Å². The Labute approximate surface area is 132 Å². The number of nitrogens with zero attached hydrogens (tertiary/aromatic N) is 1. The van der Waals surface area contributed by atoms with E-state index in [1.807, 2.05) is 20.8 Å². The summed E-state index contributed by atoms with van der Waals surface area (Å²) in [4.78, 5) is 26.9. The van der Waals surface area contributed by atoms with Crippen molar-refractivity contribution >= 4 is 17.5 Å². The van der Waals surface area contributed by atoms with E-state index in [0.717, 1.165) is 11.3 Å². The van der Waals surface area contributed by atoms with Crippen LogP contribution in [0, 0.1) is 0 Å². The van der Waals surface area contributed by atoms with Gasteiger partial charge in [0.1, 0.15) is 5.71 Å². The summed E-state index contributed by atoms with van der Waals surface area (Å²) in [5, 5.41) is 8.57. The fourth-order valence-electron chi connectivity index (χ4n) is 1.41. The SMILES string of the molecule is C=C/N=C(\C=C(/C)NCCNC(C)=O)C(=O)NC(C)C(=C)C. The summed E-state index contributed by atoms with van der Waals surface area (Å²) in [5.74, 6) is -0.371. The van der Waals surface area contributed by atoms with Crippen molar-refractivity contribution in [2.75, 3.05) is 13.1 Å². The standard InChI is InChI=1S/C16H26N4O2/c1-7-17-15(16(22)20-13(5)11(2)3)10-12(4)18-8-9-19-14(6)21/h7,10,13,18H,1-2,8-9H2,3-6H3,(H,19,21)(H,20,22)/b12-10+,17-15+. The first-order valence-electron chi connectivity index (χ1n) is 7.09. The molecule has 0 saturated carbocycles. The van der Waals surface area contributed by atoms with Gasteiger partial charge in [-0.2, -0.15) is 0 Å². The first-order chi connectivity index (χ1) is 10.3. The first kappa shape index (κ1) is 19.6. The van der Waals surface area contributed by atoms with Gasteiger partial charge in [0.05, 0.1) is 0 Å². The summed E-state index contributed by atoms with van der Waals surface area (Å²) in [6.45, 7) is 15.4. The average molecular weight is 306 g/mol. The Hall–Kier alpha value is -2.37. The Bertz CT molecular complexity index is 492. The van der Waals surface area contributed by atoms with Gasteiger partial charge in [0.2, 0.25) is 5.91 Å². The molecule has 3 N–H and O–H groups in total. The van der Waals surface area contributed by atoms with Crippen LogP contribution in [0.5, 0.6) is 0 Å². The molecule has 0 saturated heterocycles. The summed E-state index contributed by atoms with van der Waals surface area (Å²) in [6, 6.07) is -0.135. The van der Waals surface area contributed by atoms with Gasteiger partial charge in [0, 0.05) is 38.0 Å². The second-order valence-corrected chi connectivity index (χ2v) is 4.98. The maximum Gasteiger partial charge on any atom is 0.270 e. The lowest BCUT2D eigenvalue weighted by Crippen LogP contribution is -2.38. The lowest BCUT2D eigenvalue weighted by atomic mass is 10.1. The highest BCUT2D eigenvalue weighted by Crippen LogP contribution is 1.98. The third kappa shape index (κ3) is 8.73. The summed E-state index contributed by atoms with van der Waals surface area (Å²) in [5.41, 5.74) is 1.89. The van der Waals surface area contributed by atoms with Gasteiger partial charge in [-0.15, -0.1) is 0 Å². The maximum atomic E-state index is 12.1. The monoisotopic (exact) mass is 306 g/mol. The average Bonchev–Trinajstić information content (AvgIpc) is 2.42. The van der Waals surface area contributed by atoms with Crippen LogP contribution < -0.4 is 16.0 Å². The van der Waals surface area contributed by atoms with Gasteiger partial charge in [0.15, 0.2) is 0 Å². The van der Waals surface area contributed by atoms with Crippen molar-refractivity contribution in [3.8, 4) is 0 Å². The number of allylic oxidation sites excluding steroid dienone is 1. The molecule has 1 unspecified atom stereocenters. The predicted octanol–water partition coefficient (Wildman–Crippen LogP) is 1.28. The van der Waals surface area contributed by atoms with E-state index < -0.39 is 0 Å². The largest absolute Gasteiger partial charge is 0.387 e. The minimum atomic E-state index is -0.293. The maximum absolute atomic E-state index is 12.1. The number of aliphatic imine (C=N–C) groups is 1. The third-order valence-corrected chi connectivity index (χ3v) is 2.81. The molecule has 1 atom stereocenters. The van der Waals surface area contributed by atoms with E-state index in [0.29, 0.717) is 13.1 Å². The van der Waals surface area contributed by atoms with Crippen molar-refractivity contribution in [3.63, 3.8) is 0 Å². The molecule has 0 radical (unpaired) electrons. The quantitative estimate of drug-likeness (QED) is 0.341. The van der Waals surface area contributed by atoms with Crippen LogP contribution in [0.25, 0.3) is 0 Å². The Morgan fingerprint density at radius 1 is 1.18 bits per heavy atom. The topological polar surface area (TPSA) is 82.6 Å². The first-order valence-corrected chi connectivity index (χ1v) is 7.09. The van der Waals surface area contributed by atoms with Gasteiger partial charge in [-0.05, 0) is 26.8 Å². The lowest BCUT2D eigenvalue weighted by molar-refractivity contribution is -0.119. The van der Waals surface area contributed by atoms with Crippen molar-refractivity contribution in [1.82, 2.24) is 16.0 Å². The number of hydrogen-bond donors (Lipinski definition) is 3. The molecule has 0 aliphatic carbocycles. The van der Waals surface area contributed by atoms with Crippen molar-refractivity contribution in [1.29, 1.82) is 0 Å². The van der Waals surface area contributed by atoms with E-state index in [1.165, 1.54) is 13.1 Å². The second-order valence-electron chi connectivity index (χ2n) is 4.98. The van der Waals surface area contributed by atoms with Gasteiger partial charge in [-0.25, -0.2) is 0 Å². The molecule has 0 spiro atoms. The molecule has 0 rings (SSSR count). The van der Waals surface area contributed by atoms with E-state index in [-0.39, 0.29) is 23.6 Å². The number of carbonyl (C=O) groups is 2. The number of hydrogen-bond acceptors (Lipinski definition) is 4. The molecule has 0 heterocycles. The van der Waals surface area contributed by atoms with Crippen LogP contribution in [0.15, 0.2) is 41.7 Å². The Morgan fingerprint density at radius 2 is 1.77 bits per heavy atom. The van der Waals surface area contributed by atoms with Crippen LogP contribution in [0.3, 0.4) is 0 Å². The fraction of sp³-hybridized carbons (Fsp3) is 0.438. The molecule has 0 fully saturated rings. The van der Waals surface area contributed by atoms with Gasteiger partial charge in [-0.3, -0.25) is 14.6 Å². The highest BCUT2D eigenvalue weighted by atomic mass is 16.2. The summed E-state index contributed by atoms with van der Waals surface area (Å²) in [6.07, 6.45) is 2.96. The summed E-state index contributed by atoms with van der Waals surface area (Å²) < 4.78 is 0. The molecular weight excluding hydrogens is 280 g/mol. The van der Waals surface area contributed by atoms with Crippen molar-refractivity contribution in [3.05, 3.63) is 36.7 Å². The molecule has 0 bridgehead atoms. The van der Waals surface area contributed by atoms with E-state index in [9.17, 15) is 9.59 Å². The molecule has 122 valence electrons. The van der Waals surface area contributed by atoms with Crippen LogP contribution in [0.1, 0.15) is 27.7 Å². The van der Waals surface area contributed by atoms with Crippen molar-refractivity contribution in [2.24, 2.45) is 4.99 Å². The lowest BCUT2D eigenvalue weighted by Gasteiger charge is -2.14. The molecular formula is C16H26N4O2. The summed E-state index contributed by atoms with van der Waals surface area (Å²) >= 11 is 0. The van der Waals surface area contributed by atoms with E-state index in [4.69, 9.17) is 0 Å². The third-order valence-electron chi connectivity index (χ3n) is 2.81. The highest BCUT2D eigenvalue weighted by molar-refractivity contribution is 6.43. The minimum Gasteiger partial charge on any atom is -0.387 e. The second kappa shape index (κ2) is 10.4. The predicted molar refractivity (Wildman–Crippen MR) is 90.5 cm³/mol. The number of amides is 2. The van der Waals surface area contributed by atoms with Crippen LogP contribution in [0.4, 0.5) is 0 Å². The molecule has 2 amide bonds. The van der Waals surface area contributed by atoms with Gasteiger partial charge < -0.3 is 16.0 Å². The van der Waals surface area contributed by atoms with E-state index in [1.54, 1.807) is 6.08 Å². The zero-order valence-electron chi connectivity index (χ0n) is 13.8. The van der Waals surface area contributed by atoms with Crippen molar-refractivity contribution in [2.45, 2.75) is 33.7 Å². The Morgan fingerprint density at radius 3 is 2.27 bits per heavy atom. The molecule has 0 aliphatic rings. The highest BCUT2D eigenvalue weighted by Gasteiger charge is 2.12. The zero-order chi connectivity index (χ0) is 17.1. The van der Waals surface area contributed by atoms with Crippen LogP contribution >= 0.6 is 0 Å².